The molecule has 0 fully saturated rings. The molecule has 1 rings (SSSR count). The highest BCUT2D eigenvalue weighted by atomic mass is 79.9. The van der Waals surface area contributed by atoms with Crippen LogP contribution in [0.1, 0.15) is 20.7 Å². The standard InChI is InChI=1S/C9H8BrNO3/c1-14-9(13)5-2-3-6(8(11)12)7(10)4-5/h2-4H,1H3,(H2,11,12). The summed E-state index contributed by atoms with van der Waals surface area (Å²) in [6, 6.07) is 4.45. The highest BCUT2D eigenvalue weighted by molar-refractivity contribution is 9.10. The zero-order chi connectivity index (χ0) is 10.7. The van der Waals surface area contributed by atoms with Crippen LogP contribution in [0.15, 0.2) is 22.7 Å². The van der Waals surface area contributed by atoms with E-state index in [1.54, 1.807) is 0 Å². The van der Waals surface area contributed by atoms with Crippen LogP contribution in [0.5, 0.6) is 0 Å². The maximum atomic E-state index is 11.1. The molecule has 1 aromatic rings. The molecule has 0 aliphatic carbocycles. The van der Waals surface area contributed by atoms with Crippen molar-refractivity contribution >= 4 is 27.8 Å². The molecule has 0 heterocycles. The minimum atomic E-state index is -0.548. The summed E-state index contributed by atoms with van der Waals surface area (Å²) in [5, 5.41) is 0. The zero-order valence-corrected chi connectivity index (χ0v) is 9.00. The van der Waals surface area contributed by atoms with Crippen LogP contribution >= 0.6 is 15.9 Å². The van der Waals surface area contributed by atoms with Crippen molar-refractivity contribution in [2.45, 2.75) is 0 Å². The first-order valence-electron chi connectivity index (χ1n) is 3.74. The number of hydrogen-bond acceptors (Lipinski definition) is 3. The zero-order valence-electron chi connectivity index (χ0n) is 7.41. The Morgan fingerprint density at radius 1 is 1.43 bits per heavy atom. The van der Waals surface area contributed by atoms with E-state index in [0.717, 1.165) is 0 Å². The highest BCUT2D eigenvalue weighted by Gasteiger charge is 2.10. The Bertz CT molecular complexity index is 390. The average Bonchev–Trinajstić information content (AvgIpc) is 2.15. The van der Waals surface area contributed by atoms with Gasteiger partial charge in [0.15, 0.2) is 0 Å². The second kappa shape index (κ2) is 4.23. The normalized spacial score (nSPS) is 9.57. The number of primary amides is 1. The molecule has 0 aromatic heterocycles. The Kier molecular flexibility index (Phi) is 3.24. The van der Waals surface area contributed by atoms with Gasteiger partial charge < -0.3 is 10.5 Å². The van der Waals surface area contributed by atoms with Gasteiger partial charge >= 0.3 is 5.97 Å². The maximum absolute atomic E-state index is 11.1. The smallest absolute Gasteiger partial charge is 0.337 e. The molecule has 2 N–H and O–H groups in total. The second-order valence-electron chi connectivity index (χ2n) is 2.55. The first-order valence-corrected chi connectivity index (χ1v) is 4.53. The molecular weight excluding hydrogens is 250 g/mol. The van der Waals surface area contributed by atoms with Crippen molar-refractivity contribution < 1.29 is 14.3 Å². The third kappa shape index (κ3) is 2.11. The van der Waals surface area contributed by atoms with E-state index in [9.17, 15) is 9.59 Å². The van der Waals surface area contributed by atoms with Crippen molar-refractivity contribution in [3.05, 3.63) is 33.8 Å². The van der Waals surface area contributed by atoms with Gasteiger partial charge in [0, 0.05) is 4.47 Å². The number of nitrogens with two attached hydrogens (primary N) is 1. The van der Waals surface area contributed by atoms with Gasteiger partial charge in [-0.1, -0.05) is 0 Å². The van der Waals surface area contributed by atoms with Crippen LogP contribution in [-0.2, 0) is 4.74 Å². The molecule has 0 aliphatic heterocycles. The number of ether oxygens (including phenoxy) is 1. The number of esters is 1. The molecule has 74 valence electrons. The van der Waals surface area contributed by atoms with Gasteiger partial charge in [0.25, 0.3) is 0 Å². The molecule has 0 atom stereocenters. The summed E-state index contributed by atoms with van der Waals surface area (Å²) in [4.78, 5) is 21.9. The van der Waals surface area contributed by atoms with Crippen LogP contribution in [0.2, 0.25) is 0 Å². The summed E-state index contributed by atoms with van der Waals surface area (Å²) < 4.78 is 5.00. The molecule has 0 radical (unpaired) electrons. The maximum Gasteiger partial charge on any atom is 0.337 e. The lowest BCUT2D eigenvalue weighted by Crippen LogP contribution is -2.12. The van der Waals surface area contributed by atoms with E-state index in [0.29, 0.717) is 15.6 Å². The number of hydrogen-bond donors (Lipinski definition) is 1. The SMILES string of the molecule is COC(=O)c1ccc(C(N)=O)c(Br)c1. The average molecular weight is 258 g/mol. The summed E-state index contributed by atoms with van der Waals surface area (Å²) in [7, 11) is 1.29. The molecule has 0 bridgehead atoms. The van der Waals surface area contributed by atoms with Crippen molar-refractivity contribution in [2.24, 2.45) is 5.73 Å². The van der Waals surface area contributed by atoms with Gasteiger partial charge in [0.05, 0.1) is 18.2 Å². The van der Waals surface area contributed by atoms with Crippen molar-refractivity contribution in [2.75, 3.05) is 7.11 Å². The molecule has 4 nitrogen and oxygen atoms in total. The van der Waals surface area contributed by atoms with Crippen molar-refractivity contribution in [3.63, 3.8) is 0 Å². The summed E-state index contributed by atoms with van der Waals surface area (Å²) >= 11 is 3.14. The van der Waals surface area contributed by atoms with Crippen molar-refractivity contribution in [1.82, 2.24) is 0 Å². The Morgan fingerprint density at radius 3 is 2.50 bits per heavy atom. The second-order valence-corrected chi connectivity index (χ2v) is 3.40. The van der Waals surface area contributed by atoms with Gasteiger partial charge in [0.2, 0.25) is 5.91 Å². The van der Waals surface area contributed by atoms with Crippen LogP contribution in [0.3, 0.4) is 0 Å². The first-order chi connectivity index (χ1) is 6.56. The molecule has 0 saturated carbocycles. The summed E-state index contributed by atoms with van der Waals surface area (Å²) in [5.41, 5.74) is 5.78. The topological polar surface area (TPSA) is 69.4 Å². The van der Waals surface area contributed by atoms with E-state index >= 15 is 0 Å². The van der Waals surface area contributed by atoms with Crippen LogP contribution in [0, 0.1) is 0 Å². The molecule has 0 saturated heterocycles. The number of carbonyl (C=O) groups is 2. The molecule has 0 unspecified atom stereocenters. The number of rotatable bonds is 2. The lowest BCUT2D eigenvalue weighted by molar-refractivity contribution is 0.0600. The monoisotopic (exact) mass is 257 g/mol. The number of amides is 1. The number of methoxy groups -OCH3 is 1. The minimum absolute atomic E-state index is 0.331. The number of halogens is 1. The van der Waals surface area contributed by atoms with Crippen LogP contribution in [-0.4, -0.2) is 19.0 Å². The molecule has 1 aromatic carbocycles. The fourth-order valence-corrected chi connectivity index (χ4v) is 1.53. The van der Waals surface area contributed by atoms with Crippen molar-refractivity contribution in [3.8, 4) is 0 Å². The lowest BCUT2D eigenvalue weighted by atomic mass is 10.1. The molecule has 0 spiro atoms. The Hall–Kier alpha value is -1.36. The van der Waals surface area contributed by atoms with E-state index in [4.69, 9.17) is 5.73 Å². The summed E-state index contributed by atoms with van der Waals surface area (Å²) in [6.07, 6.45) is 0. The Balaban J connectivity index is 3.12. The summed E-state index contributed by atoms with van der Waals surface area (Å²) in [5.74, 6) is -1.00. The van der Waals surface area contributed by atoms with Gasteiger partial charge in [0.1, 0.15) is 0 Å². The predicted molar refractivity (Wildman–Crippen MR) is 54.0 cm³/mol. The summed E-state index contributed by atoms with van der Waals surface area (Å²) in [6.45, 7) is 0. The van der Waals surface area contributed by atoms with E-state index in [2.05, 4.69) is 20.7 Å². The molecule has 0 aliphatic rings. The molecular formula is C9H8BrNO3. The number of benzene rings is 1. The lowest BCUT2D eigenvalue weighted by Gasteiger charge is -2.02. The largest absolute Gasteiger partial charge is 0.465 e. The minimum Gasteiger partial charge on any atom is -0.465 e. The van der Waals surface area contributed by atoms with Crippen molar-refractivity contribution in [1.29, 1.82) is 0 Å². The van der Waals surface area contributed by atoms with Gasteiger partial charge in [-0.25, -0.2) is 4.79 Å². The third-order valence-electron chi connectivity index (χ3n) is 1.66. The van der Waals surface area contributed by atoms with Gasteiger partial charge in [-0.15, -0.1) is 0 Å². The quantitative estimate of drug-likeness (QED) is 0.813. The first kappa shape index (κ1) is 10.7. The fourth-order valence-electron chi connectivity index (χ4n) is 0.960. The van der Waals surface area contributed by atoms with E-state index in [1.807, 2.05) is 0 Å². The third-order valence-corrected chi connectivity index (χ3v) is 2.31. The molecule has 14 heavy (non-hydrogen) atoms. The van der Waals surface area contributed by atoms with Gasteiger partial charge in [-0.3, -0.25) is 4.79 Å². The molecule has 1 amide bonds. The number of carbonyl (C=O) groups excluding carboxylic acids is 2. The Labute approximate surface area is 89.2 Å². The van der Waals surface area contributed by atoms with E-state index in [1.165, 1.54) is 25.3 Å². The van der Waals surface area contributed by atoms with Gasteiger partial charge in [-0.2, -0.15) is 0 Å². The van der Waals surface area contributed by atoms with E-state index in [-0.39, 0.29) is 0 Å². The predicted octanol–water partition coefficient (Wildman–Crippen LogP) is 1.33. The molecule has 5 heteroatoms. The fraction of sp³-hybridized carbons (Fsp3) is 0.111. The van der Waals surface area contributed by atoms with E-state index < -0.39 is 11.9 Å². The highest BCUT2D eigenvalue weighted by Crippen LogP contribution is 2.18. The van der Waals surface area contributed by atoms with Crippen LogP contribution in [0.25, 0.3) is 0 Å². The van der Waals surface area contributed by atoms with Crippen LogP contribution in [0.4, 0.5) is 0 Å². The van der Waals surface area contributed by atoms with Crippen LogP contribution < -0.4 is 5.73 Å². The van der Waals surface area contributed by atoms with Gasteiger partial charge in [-0.05, 0) is 34.1 Å². The Morgan fingerprint density at radius 2 is 2.07 bits per heavy atom.